The number of nitrogens with zero attached hydrogens (tertiary/aromatic N) is 2. The largest absolute Gasteiger partial charge is 0.370 e. The molecular formula is C13H20N2. The summed E-state index contributed by atoms with van der Waals surface area (Å²) in [4.78, 5) is 4.90. The second kappa shape index (κ2) is 4.67. The van der Waals surface area contributed by atoms with E-state index in [-0.39, 0.29) is 0 Å². The van der Waals surface area contributed by atoms with Crippen molar-refractivity contribution in [2.24, 2.45) is 0 Å². The van der Waals surface area contributed by atoms with Gasteiger partial charge < -0.3 is 9.80 Å². The summed E-state index contributed by atoms with van der Waals surface area (Å²) in [5.41, 5.74) is 2.71. The van der Waals surface area contributed by atoms with E-state index in [4.69, 9.17) is 0 Å². The minimum atomic E-state index is 1.15. The fourth-order valence-electron chi connectivity index (χ4n) is 2.06. The Bertz CT molecular complexity index is 305. The highest BCUT2D eigenvalue weighted by molar-refractivity contribution is 5.47. The van der Waals surface area contributed by atoms with Crippen molar-refractivity contribution in [2.45, 2.75) is 13.3 Å². The molecule has 0 N–H and O–H groups in total. The average molecular weight is 204 g/mol. The van der Waals surface area contributed by atoms with E-state index in [0.717, 1.165) is 6.54 Å². The molecule has 0 aliphatic carbocycles. The summed E-state index contributed by atoms with van der Waals surface area (Å²) in [6.45, 7) is 6.88. The summed E-state index contributed by atoms with van der Waals surface area (Å²) < 4.78 is 0. The minimum absolute atomic E-state index is 1.15. The van der Waals surface area contributed by atoms with E-state index >= 15 is 0 Å². The number of anilines is 1. The first-order chi connectivity index (χ1) is 7.25. The van der Waals surface area contributed by atoms with E-state index < -0.39 is 0 Å². The Labute approximate surface area is 92.5 Å². The average Bonchev–Trinajstić information content (AvgIpc) is 2.44. The van der Waals surface area contributed by atoms with Crippen LogP contribution in [0, 0.1) is 6.92 Å². The Hall–Kier alpha value is -1.02. The molecule has 0 spiro atoms. The highest BCUT2D eigenvalue weighted by Gasteiger charge is 2.11. The summed E-state index contributed by atoms with van der Waals surface area (Å²) in [6.07, 6.45) is 1.27. The summed E-state index contributed by atoms with van der Waals surface area (Å²) in [5.74, 6) is 0. The zero-order chi connectivity index (χ0) is 10.7. The summed E-state index contributed by atoms with van der Waals surface area (Å²) in [6, 6.07) is 8.87. The van der Waals surface area contributed by atoms with E-state index in [1.807, 2.05) is 0 Å². The van der Waals surface area contributed by atoms with Gasteiger partial charge in [-0.2, -0.15) is 0 Å². The Morgan fingerprint density at radius 3 is 2.40 bits per heavy atom. The van der Waals surface area contributed by atoms with Crippen molar-refractivity contribution in [2.75, 3.05) is 38.1 Å². The number of likely N-dealkylation sites (N-methyl/N-ethyl adjacent to an activating group) is 1. The molecule has 15 heavy (non-hydrogen) atoms. The van der Waals surface area contributed by atoms with Crippen LogP contribution in [0.5, 0.6) is 0 Å². The maximum Gasteiger partial charge on any atom is 0.0366 e. The number of hydrogen-bond donors (Lipinski definition) is 0. The first kappa shape index (κ1) is 10.5. The molecule has 0 atom stereocenters. The van der Waals surface area contributed by atoms with Crippen molar-refractivity contribution in [1.82, 2.24) is 4.90 Å². The van der Waals surface area contributed by atoms with Crippen LogP contribution < -0.4 is 4.90 Å². The molecule has 0 bridgehead atoms. The van der Waals surface area contributed by atoms with Crippen LogP contribution >= 0.6 is 0 Å². The van der Waals surface area contributed by atoms with Crippen molar-refractivity contribution >= 4 is 5.69 Å². The second-order valence-electron chi connectivity index (χ2n) is 4.48. The molecule has 1 aromatic carbocycles. The molecule has 0 radical (unpaired) electrons. The lowest BCUT2D eigenvalue weighted by molar-refractivity contribution is 0.360. The lowest BCUT2D eigenvalue weighted by Gasteiger charge is -2.22. The van der Waals surface area contributed by atoms with Gasteiger partial charge in [0.25, 0.3) is 0 Å². The Morgan fingerprint density at radius 2 is 1.67 bits per heavy atom. The van der Waals surface area contributed by atoms with E-state index in [1.54, 1.807) is 0 Å². The fourth-order valence-corrected chi connectivity index (χ4v) is 2.06. The van der Waals surface area contributed by atoms with Gasteiger partial charge in [0.15, 0.2) is 0 Å². The van der Waals surface area contributed by atoms with Crippen molar-refractivity contribution in [3.63, 3.8) is 0 Å². The highest BCUT2D eigenvalue weighted by atomic mass is 15.2. The summed E-state index contributed by atoms with van der Waals surface area (Å²) in [5, 5.41) is 0. The monoisotopic (exact) mass is 204 g/mol. The molecule has 2 nitrogen and oxygen atoms in total. The van der Waals surface area contributed by atoms with Crippen molar-refractivity contribution < 1.29 is 0 Å². The lowest BCUT2D eigenvalue weighted by Crippen LogP contribution is -2.28. The molecular weight excluding hydrogens is 184 g/mol. The van der Waals surface area contributed by atoms with Gasteiger partial charge in [0.05, 0.1) is 0 Å². The van der Waals surface area contributed by atoms with Gasteiger partial charge in [-0.15, -0.1) is 0 Å². The zero-order valence-electron chi connectivity index (χ0n) is 9.74. The first-order valence-corrected chi connectivity index (χ1v) is 5.76. The van der Waals surface area contributed by atoms with Crippen LogP contribution in [0.1, 0.15) is 12.0 Å². The smallest absolute Gasteiger partial charge is 0.0366 e. The molecule has 0 aromatic heterocycles. The molecule has 1 aliphatic rings. The standard InChI is InChI=1S/C13H20N2/c1-12-4-6-13(7-5-12)15-9-3-8-14(2)10-11-15/h4-7H,3,8-11H2,1-2H3. The quantitative estimate of drug-likeness (QED) is 0.691. The molecule has 1 aliphatic heterocycles. The Balaban J connectivity index is 2.06. The summed E-state index contributed by atoms with van der Waals surface area (Å²) >= 11 is 0. The molecule has 1 fully saturated rings. The molecule has 2 heteroatoms. The van der Waals surface area contributed by atoms with Crippen LogP contribution in [0.4, 0.5) is 5.69 Å². The van der Waals surface area contributed by atoms with Crippen LogP contribution in [-0.4, -0.2) is 38.1 Å². The van der Waals surface area contributed by atoms with Gasteiger partial charge in [-0.3, -0.25) is 0 Å². The minimum Gasteiger partial charge on any atom is -0.370 e. The molecule has 0 amide bonds. The third kappa shape index (κ3) is 2.72. The summed E-state index contributed by atoms with van der Waals surface area (Å²) in [7, 11) is 2.21. The van der Waals surface area contributed by atoms with Crippen LogP contribution in [0.3, 0.4) is 0 Å². The van der Waals surface area contributed by atoms with Gasteiger partial charge in [-0.25, -0.2) is 0 Å². The van der Waals surface area contributed by atoms with Gasteiger partial charge >= 0.3 is 0 Å². The topological polar surface area (TPSA) is 6.48 Å². The molecule has 0 unspecified atom stereocenters. The normalized spacial score (nSPS) is 18.9. The zero-order valence-corrected chi connectivity index (χ0v) is 9.74. The van der Waals surface area contributed by atoms with Crippen molar-refractivity contribution in [3.8, 4) is 0 Å². The molecule has 1 aromatic rings. The number of hydrogen-bond acceptors (Lipinski definition) is 2. The Morgan fingerprint density at radius 1 is 0.933 bits per heavy atom. The van der Waals surface area contributed by atoms with E-state index in [0.29, 0.717) is 0 Å². The first-order valence-electron chi connectivity index (χ1n) is 5.76. The molecule has 2 rings (SSSR count). The third-order valence-corrected chi connectivity index (χ3v) is 3.12. The fraction of sp³-hybridized carbons (Fsp3) is 0.538. The lowest BCUT2D eigenvalue weighted by atomic mass is 10.2. The van der Waals surface area contributed by atoms with Crippen LogP contribution in [0.2, 0.25) is 0 Å². The van der Waals surface area contributed by atoms with Gasteiger partial charge in [0.1, 0.15) is 0 Å². The van der Waals surface area contributed by atoms with E-state index in [9.17, 15) is 0 Å². The van der Waals surface area contributed by atoms with Gasteiger partial charge in [-0.05, 0) is 39.1 Å². The molecule has 1 saturated heterocycles. The van der Waals surface area contributed by atoms with E-state index in [2.05, 4.69) is 48.0 Å². The number of rotatable bonds is 1. The molecule has 82 valence electrons. The van der Waals surface area contributed by atoms with Crippen LogP contribution in [-0.2, 0) is 0 Å². The van der Waals surface area contributed by atoms with Crippen molar-refractivity contribution in [3.05, 3.63) is 29.8 Å². The predicted octanol–water partition coefficient (Wildman–Crippen LogP) is 2.14. The third-order valence-electron chi connectivity index (χ3n) is 3.12. The maximum atomic E-state index is 2.49. The maximum absolute atomic E-state index is 2.49. The predicted molar refractivity (Wildman–Crippen MR) is 65.5 cm³/mol. The second-order valence-corrected chi connectivity index (χ2v) is 4.48. The molecule has 1 heterocycles. The van der Waals surface area contributed by atoms with Gasteiger partial charge in [-0.1, -0.05) is 17.7 Å². The van der Waals surface area contributed by atoms with Gasteiger partial charge in [0, 0.05) is 25.3 Å². The highest BCUT2D eigenvalue weighted by Crippen LogP contribution is 2.16. The number of benzene rings is 1. The molecule has 0 saturated carbocycles. The van der Waals surface area contributed by atoms with Crippen molar-refractivity contribution in [1.29, 1.82) is 0 Å². The van der Waals surface area contributed by atoms with E-state index in [1.165, 1.54) is 37.3 Å². The van der Waals surface area contributed by atoms with Gasteiger partial charge in [0.2, 0.25) is 0 Å². The number of aryl methyl sites for hydroxylation is 1. The SMILES string of the molecule is Cc1ccc(N2CCCN(C)CC2)cc1. The van der Waals surface area contributed by atoms with Crippen LogP contribution in [0.15, 0.2) is 24.3 Å². The Kier molecular flexibility index (Phi) is 3.27. The van der Waals surface area contributed by atoms with Crippen LogP contribution in [0.25, 0.3) is 0 Å².